The van der Waals surface area contributed by atoms with Crippen molar-refractivity contribution in [3.8, 4) is 0 Å². The fraction of sp³-hybridized carbons (Fsp3) is 0.625. The molecule has 0 unspecified atom stereocenters. The molecule has 4 nitrogen and oxygen atoms in total. The van der Waals surface area contributed by atoms with E-state index in [4.69, 9.17) is 9.47 Å². The van der Waals surface area contributed by atoms with Gasteiger partial charge in [-0.25, -0.2) is 4.39 Å². The Morgan fingerprint density at radius 3 is 2.71 bits per heavy atom. The zero-order chi connectivity index (χ0) is 15.2. The van der Waals surface area contributed by atoms with Crippen molar-refractivity contribution < 1.29 is 13.9 Å². The van der Waals surface area contributed by atoms with E-state index in [1.165, 1.54) is 6.07 Å². The first kappa shape index (κ1) is 16.2. The van der Waals surface area contributed by atoms with Gasteiger partial charge in [-0.3, -0.25) is 0 Å². The number of morpholine rings is 1. The first-order valence-corrected chi connectivity index (χ1v) is 7.49. The molecule has 1 fully saturated rings. The SMILES string of the molecule is COCCNCc1c(F)cccc1N1C[C@@H](C)O[C@@H](C)C1. The lowest BCUT2D eigenvalue weighted by atomic mass is 10.1. The molecule has 118 valence electrons. The number of nitrogens with one attached hydrogen (secondary N) is 1. The minimum absolute atomic E-state index is 0.159. The molecule has 0 spiro atoms. The van der Waals surface area contributed by atoms with Crippen LogP contribution in [0.1, 0.15) is 19.4 Å². The molecule has 0 bridgehead atoms. The van der Waals surface area contributed by atoms with Crippen LogP contribution in [-0.4, -0.2) is 45.6 Å². The van der Waals surface area contributed by atoms with Gasteiger partial charge in [0.1, 0.15) is 5.82 Å². The van der Waals surface area contributed by atoms with E-state index in [-0.39, 0.29) is 18.0 Å². The largest absolute Gasteiger partial charge is 0.383 e. The lowest BCUT2D eigenvalue weighted by Gasteiger charge is -2.38. The quantitative estimate of drug-likeness (QED) is 0.816. The van der Waals surface area contributed by atoms with Gasteiger partial charge in [-0.05, 0) is 26.0 Å². The molecule has 1 heterocycles. The highest BCUT2D eigenvalue weighted by atomic mass is 19.1. The molecule has 1 saturated heterocycles. The van der Waals surface area contributed by atoms with E-state index >= 15 is 0 Å². The van der Waals surface area contributed by atoms with Crippen LogP contribution >= 0.6 is 0 Å². The maximum absolute atomic E-state index is 14.2. The molecule has 0 saturated carbocycles. The number of hydrogen-bond acceptors (Lipinski definition) is 4. The predicted molar refractivity (Wildman–Crippen MR) is 82.2 cm³/mol. The number of methoxy groups -OCH3 is 1. The van der Waals surface area contributed by atoms with Gasteiger partial charge in [-0.2, -0.15) is 0 Å². The van der Waals surface area contributed by atoms with Crippen LogP contribution < -0.4 is 10.2 Å². The third kappa shape index (κ3) is 4.40. The van der Waals surface area contributed by atoms with Crippen LogP contribution in [0.15, 0.2) is 18.2 Å². The van der Waals surface area contributed by atoms with Gasteiger partial charge in [0, 0.05) is 44.5 Å². The summed E-state index contributed by atoms with van der Waals surface area (Å²) in [4.78, 5) is 2.22. The van der Waals surface area contributed by atoms with Crippen molar-refractivity contribution in [1.82, 2.24) is 5.32 Å². The molecule has 2 atom stereocenters. The minimum atomic E-state index is -0.163. The Morgan fingerprint density at radius 1 is 1.33 bits per heavy atom. The smallest absolute Gasteiger partial charge is 0.129 e. The Morgan fingerprint density at radius 2 is 2.05 bits per heavy atom. The third-order valence-corrected chi connectivity index (χ3v) is 3.64. The second-order valence-electron chi connectivity index (χ2n) is 5.57. The highest BCUT2D eigenvalue weighted by Crippen LogP contribution is 2.26. The van der Waals surface area contributed by atoms with Crippen molar-refractivity contribution in [2.45, 2.75) is 32.6 Å². The predicted octanol–water partition coefficient (Wildman–Crippen LogP) is 2.18. The summed E-state index contributed by atoms with van der Waals surface area (Å²) in [5.41, 5.74) is 1.68. The second kappa shape index (κ2) is 7.73. The van der Waals surface area contributed by atoms with Crippen LogP contribution in [0.5, 0.6) is 0 Å². The zero-order valence-corrected chi connectivity index (χ0v) is 13.1. The molecule has 0 amide bonds. The van der Waals surface area contributed by atoms with E-state index in [0.29, 0.717) is 19.7 Å². The maximum Gasteiger partial charge on any atom is 0.129 e. The Balaban J connectivity index is 2.12. The lowest BCUT2D eigenvalue weighted by Crippen LogP contribution is -2.46. The van der Waals surface area contributed by atoms with Crippen LogP contribution in [0.4, 0.5) is 10.1 Å². The Bertz CT molecular complexity index is 446. The number of benzene rings is 1. The highest BCUT2D eigenvalue weighted by molar-refractivity contribution is 5.54. The Hall–Kier alpha value is -1.17. The lowest BCUT2D eigenvalue weighted by molar-refractivity contribution is -0.00528. The van der Waals surface area contributed by atoms with Crippen LogP contribution in [0.3, 0.4) is 0 Å². The minimum Gasteiger partial charge on any atom is -0.383 e. The van der Waals surface area contributed by atoms with E-state index in [2.05, 4.69) is 24.1 Å². The standard InChI is InChI=1S/C16H25FN2O2/c1-12-10-19(11-13(2)21-12)16-6-4-5-15(17)14(16)9-18-7-8-20-3/h4-6,12-13,18H,7-11H2,1-3H3/t12-,13+. The molecule has 21 heavy (non-hydrogen) atoms. The maximum atomic E-state index is 14.2. The number of rotatable bonds is 6. The topological polar surface area (TPSA) is 33.7 Å². The monoisotopic (exact) mass is 296 g/mol. The normalized spacial score (nSPS) is 22.6. The molecule has 1 aliphatic rings. The summed E-state index contributed by atoms with van der Waals surface area (Å²) in [5.74, 6) is -0.163. The molecule has 0 aliphatic carbocycles. The molecule has 1 aromatic carbocycles. The molecule has 1 aliphatic heterocycles. The van der Waals surface area contributed by atoms with E-state index in [1.807, 2.05) is 6.07 Å². The van der Waals surface area contributed by atoms with Gasteiger partial charge in [0.2, 0.25) is 0 Å². The number of hydrogen-bond donors (Lipinski definition) is 1. The van der Waals surface area contributed by atoms with Crippen molar-refractivity contribution in [3.05, 3.63) is 29.6 Å². The summed E-state index contributed by atoms with van der Waals surface area (Å²) in [6.07, 6.45) is 0.317. The molecule has 0 radical (unpaired) electrons. The average Bonchev–Trinajstić information content (AvgIpc) is 2.43. The molecule has 1 aromatic rings. The third-order valence-electron chi connectivity index (χ3n) is 3.64. The van der Waals surface area contributed by atoms with Gasteiger partial charge in [-0.1, -0.05) is 6.07 Å². The van der Waals surface area contributed by atoms with Gasteiger partial charge in [-0.15, -0.1) is 0 Å². The fourth-order valence-electron chi connectivity index (χ4n) is 2.78. The van der Waals surface area contributed by atoms with Crippen molar-refractivity contribution in [1.29, 1.82) is 0 Å². The molecule has 0 aromatic heterocycles. The van der Waals surface area contributed by atoms with E-state index in [9.17, 15) is 4.39 Å². The van der Waals surface area contributed by atoms with Crippen LogP contribution in [-0.2, 0) is 16.0 Å². The van der Waals surface area contributed by atoms with Crippen molar-refractivity contribution in [2.24, 2.45) is 0 Å². The first-order chi connectivity index (χ1) is 10.1. The van der Waals surface area contributed by atoms with E-state index < -0.39 is 0 Å². The summed E-state index contributed by atoms with van der Waals surface area (Å²) in [5, 5.41) is 3.22. The highest BCUT2D eigenvalue weighted by Gasteiger charge is 2.24. The summed E-state index contributed by atoms with van der Waals surface area (Å²) >= 11 is 0. The molecular formula is C16H25FN2O2. The van der Waals surface area contributed by atoms with Gasteiger partial charge in [0.15, 0.2) is 0 Å². The number of halogens is 1. The van der Waals surface area contributed by atoms with E-state index in [1.54, 1.807) is 13.2 Å². The molecule has 2 rings (SSSR count). The molecule has 5 heteroatoms. The van der Waals surface area contributed by atoms with Crippen LogP contribution in [0.25, 0.3) is 0 Å². The van der Waals surface area contributed by atoms with E-state index in [0.717, 1.165) is 24.3 Å². The van der Waals surface area contributed by atoms with Gasteiger partial charge >= 0.3 is 0 Å². The second-order valence-corrected chi connectivity index (χ2v) is 5.57. The number of nitrogens with zero attached hydrogens (tertiary/aromatic N) is 1. The van der Waals surface area contributed by atoms with Crippen molar-refractivity contribution >= 4 is 5.69 Å². The van der Waals surface area contributed by atoms with Gasteiger partial charge in [0.25, 0.3) is 0 Å². The van der Waals surface area contributed by atoms with Gasteiger partial charge in [0.05, 0.1) is 18.8 Å². The Labute approximate surface area is 126 Å². The number of anilines is 1. The molecular weight excluding hydrogens is 271 g/mol. The Kier molecular flexibility index (Phi) is 5.96. The summed E-state index contributed by atoms with van der Waals surface area (Å²) < 4.78 is 24.9. The number of ether oxygens (including phenoxy) is 2. The van der Waals surface area contributed by atoms with Crippen molar-refractivity contribution in [2.75, 3.05) is 38.3 Å². The fourth-order valence-corrected chi connectivity index (χ4v) is 2.78. The first-order valence-electron chi connectivity index (χ1n) is 7.49. The summed E-state index contributed by atoms with van der Waals surface area (Å²) in [6, 6.07) is 5.28. The van der Waals surface area contributed by atoms with Crippen LogP contribution in [0, 0.1) is 5.82 Å². The average molecular weight is 296 g/mol. The van der Waals surface area contributed by atoms with Crippen molar-refractivity contribution in [3.63, 3.8) is 0 Å². The summed E-state index contributed by atoms with van der Waals surface area (Å²) in [6.45, 7) is 7.52. The summed E-state index contributed by atoms with van der Waals surface area (Å²) in [7, 11) is 1.66. The zero-order valence-electron chi connectivity index (χ0n) is 13.1. The molecule has 1 N–H and O–H groups in total. The van der Waals surface area contributed by atoms with Gasteiger partial charge < -0.3 is 19.7 Å². The van der Waals surface area contributed by atoms with Crippen LogP contribution in [0.2, 0.25) is 0 Å².